The largest absolute Gasteiger partial charge is 0.481 e. The molecule has 0 saturated heterocycles. The third kappa shape index (κ3) is 3.29. The van der Waals surface area contributed by atoms with Crippen molar-refractivity contribution in [3.8, 4) is 5.88 Å². The average Bonchev–Trinajstić information content (AvgIpc) is 2.47. The maximum absolute atomic E-state index is 5.28. The first-order valence-corrected chi connectivity index (χ1v) is 5.76. The summed E-state index contributed by atoms with van der Waals surface area (Å²) in [4.78, 5) is 12.4. The van der Waals surface area contributed by atoms with Crippen LogP contribution in [0.2, 0.25) is 0 Å². The zero-order chi connectivity index (χ0) is 13.7. The van der Waals surface area contributed by atoms with Gasteiger partial charge in [0.25, 0.3) is 0 Å². The first kappa shape index (κ1) is 13.0. The summed E-state index contributed by atoms with van der Waals surface area (Å²) in [6.45, 7) is 2.54. The quantitative estimate of drug-likeness (QED) is 0.546. The van der Waals surface area contributed by atoms with Gasteiger partial charge in [-0.1, -0.05) is 6.07 Å². The second-order valence-corrected chi connectivity index (χ2v) is 3.93. The van der Waals surface area contributed by atoms with E-state index < -0.39 is 0 Å². The van der Waals surface area contributed by atoms with Gasteiger partial charge in [0.05, 0.1) is 7.11 Å². The highest BCUT2D eigenvalue weighted by Gasteiger charge is 2.03. The Morgan fingerprint density at radius 3 is 2.74 bits per heavy atom. The SMILES string of the molecule is COc1ccc(CNc2nc(NN)ncc2C)cn1. The molecule has 0 aliphatic rings. The van der Waals surface area contributed by atoms with E-state index in [-0.39, 0.29) is 0 Å². The Labute approximate surface area is 111 Å². The zero-order valence-electron chi connectivity index (χ0n) is 10.8. The van der Waals surface area contributed by atoms with Gasteiger partial charge < -0.3 is 10.1 Å². The lowest BCUT2D eigenvalue weighted by Crippen LogP contribution is -2.12. The van der Waals surface area contributed by atoms with Crippen LogP contribution < -0.4 is 21.3 Å². The van der Waals surface area contributed by atoms with E-state index in [1.54, 1.807) is 19.5 Å². The molecule has 0 saturated carbocycles. The fraction of sp³-hybridized carbons (Fsp3) is 0.250. The molecular formula is C12H16N6O. The molecule has 7 heteroatoms. The van der Waals surface area contributed by atoms with Crippen molar-refractivity contribution < 1.29 is 4.74 Å². The van der Waals surface area contributed by atoms with Gasteiger partial charge in [0.1, 0.15) is 5.82 Å². The molecule has 2 heterocycles. The highest BCUT2D eigenvalue weighted by molar-refractivity contribution is 5.46. The predicted molar refractivity (Wildman–Crippen MR) is 72.7 cm³/mol. The standard InChI is InChI=1S/C12H16N6O/c1-8-5-16-12(18-13)17-11(8)15-7-9-3-4-10(19-2)14-6-9/h3-6H,7,13H2,1-2H3,(H2,15,16,17,18). The normalized spacial score (nSPS) is 10.1. The average molecular weight is 260 g/mol. The molecule has 0 bridgehead atoms. The molecule has 2 rings (SSSR count). The van der Waals surface area contributed by atoms with Gasteiger partial charge in [0.15, 0.2) is 0 Å². The van der Waals surface area contributed by atoms with Gasteiger partial charge in [-0.3, -0.25) is 5.43 Å². The van der Waals surface area contributed by atoms with Gasteiger partial charge >= 0.3 is 0 Å². The summed E-state index contributed by atoms with van der Waals surface area (Å²) in [6.07, 6.45) is 3.46. The number of hydrazine groups is 1. The van der Waals surface area contributed by atoms with E-state index in [4.69, 9.17) is 10.6 Å². The Morgan fingerprint density at radius 1 is 1.26 bits per heavy atom. The first-order valence-electron chi connectivity index (χ1n) is 5.76. The lowest BCUT2D eigenvalue weighted by molar-refractivity contribution is 0.397. The van der Waals surface area contributed by atoms with Crippen LogP contribution in [-0.4, -0.2) is 22.1 Å². The second kappa shape index (κ2) is 5.96. The Balaban J connectivity index is 2.05. The molecule has 100 valence electrons. The van der Waals surface area contributed by atoms with Crippen LogP contribution >= 0.6 is 0 Å². The number of nitrogens with zero attached hydrogens (tertiary/aromatic N) is 3. The number of nitrogens with one attached hydrogen (secondary N) is 2. The Morgan fingerprint density at radius 2 is 2.11 bits per heavy atom. The predicted octanol–water partition coefficient (Wildman–Crippen LogP) is 1.09. The molecule has 0 amide bonds. The van der Waals surface area contributed by atoms with Crippen LogP contribution in [0.15, 0.2) is 24.5 Å². The number of nitrogens with two attached hydrogens (primary N) is 1. The van der Waals surface area contributed by atoms with Crippen molar-refractivity contribution in [3.63, 3.8) is 0 Å². The molecule has 0 aromatic carbocycles. The van der Waals surface area contributed by atoms with Crippen molar-refractivity contribution >= 4 is 11.8 Å². The first-order chi connectivity index (χ1) is 9.22. The topological polar surface area (TPSA) is 98.0 Å². The van der Waals surface area contributed by atoms with Crippen LogP contribution in [0.1, 0.15) is 11.1 Å². The molecule has 0 aliphatic heterocycles. The fourth-order valence-electron chi connectivity index (χ4n) is 1.51. The molecule has 0 radical (unpaired) electrons. The summed E-state index contributed by atoms with van der Waals surface area (Å²) in [5, 5.41) is 3.21. The van der Waals surface area contributed by atoms with Crippen molar-refractivity contribution in [3.05, 3.63) is 35.7 Å². The highest BCUT2D eigenvalue weighted by Crippen LogP contribution is 2.14. The summed E-state index contributed by atoms with van der Waals surface area (Å²) in [5.74, 6) is 6.99. The highest BCUT2D eigenvalue weighted by atomic mass is 16.5. The number of pyridine rings is 1. The smallest absolute Gasteiger partial charge is 0.239 e. The molecular weight excluding hydrogens is 244 g/mol. The molecule has 0 aliphatic carbocycles. The number of methoxy groups -OCH3 is 1. The summed E-state index contributed by atoms with van der Waals surface area (Å²) in [7, 11) is 1.59. The second-order valence-electron chi connectivity index (χ2n) is 3.93. The number of ether oxygens (including phenoxy) is 1. The zero-order valence-corrected chi connectivity index (χ0v) is 10.8. The van der Waals surface area contributed by atoms with E-state index in [1.165, 1.54) is 0 Å². The van der Waals surface area contributed by atoms with Crippen LogP contribution in [0.5, 0.6) is 5.88 Å². The Kier molecular flexibility index (Phi) is 4.09. The molecule has 0 atom stereocenters. The van der Waals surface area contributed by atoms with Gasteiger partial charge in [0.2, 0.25) is 11.8 Å². The number of hydrogen-bond acceptors (Lipinski definition) is 7. The third-order valence-corrected chi connectivity index (χ3v) is 2.57. The fourth-order valence-corrected chi connectivity index (χ4v) is 1.51. The monoisotopic (exact) mass is 260 g/mol. The van der Waals surface area contributed by atoms with Gasteiger partial charge in [-0.15, -0.1) is 0 Å². The van der Waals surface area contributed by atoms with Gasteiger partial charge in [-0.05, 0) is 12.5 Å². The molecule has 4 N–H and O–H groups in total. The summed E-state index contributed by atoms with van der Waals surface area (Å²) in [6, 6.07) is 3.76. The van der Waals surface area contributed by atoms with Gasteiger partial charge in [-0.2, -0.15) is 4.98 Å². The molecule has 19 heavy (non-hydrogen) atoms. The minimum absolute atomic E-state index is 0.376. The maximum atomic E-state index is 5.28. The minimum atomic E-state index is 0.376. The number of nitrogen functional groups attached to an aromatic ring is 1. The molecule has 7 nitrogen and oxygen atoms in total. The summed E-state index contributed by atoms with van der Waals surface area (Å²) >= 11 is 0. The van der Waals surface area contributed by atoms with Gasteiger partial charge in [0, 0.05) is 30.6 Å². The summed E-state index contributed by atoms with van der Waals surface area (Å²) in [5.41, 5.74) is 4.39. The summed E-state index contributed by atoms with van der Waals surface area (Å²) < 4.78 is 5.01. The van der Waals surface area contributed by atoms with Crippen molar-refractivity contribution in [2.24, 2.45) is 5.84 Å². The molecule has 2 aromatic rings. The lowest BCUT2D eigenvalue weighted by atomic mass is 10.2. The number of hydrogen-bond donors (Lipinski definition) is 3. The molecule has 0 spiro atoms. The number of aromatic nitrogens is 3. The van der Waals surface area contributed by atoms with Crippen LogP contribution in [0.4, 0.5) is 11.8 Å². The van der Waals surface area contributed by atoms with E-state index in [1.807, 2.05) is 19.1 Å². The van der Waals surface area contributed by atoms with Crippen molar-refractivity contribution in [2.75, 3.05) is 17.9 Å². The van der Waals surface area contributed by atoms with Crippen molar-refractivity contribution in [1.82, 2.24) is 15.0 Å². The van der Waals surface area contributed by atoms with Gasteiger partial charge in [-0.25, -0.2) is 15.8 Å². The molecule has 2 aromatic heterocycles. The van der Waals surface area contributed by atoms with E-state index in [2.05, 4.69) is 25.7 Å². The van der Waals surface area contributed by atoms with E-state index in [0.29, 0.717) is 18.4 Å². The van der Waals surface area contributed by atoms with Crippen LogP contribution in [-0.2, 0) is 6.54 Å². The minimum Gasteiger partial charge on any atom is -0.481 e. The van der Waals surface area contributed by atoms with Crippen molar-refractivity contribution in [2.45, 2.75) is 13.5 Å². The molecule has 0 unspecified atom stereocenters. The maximum Gasteiger partial charge on any atom is 0.239 e. The van der Waals surface area contributed by atoms with Crippen LogP contribution in [0.25, 0.3) is 0 Å². The Bertz CT molecular complexity index is 542. The number of rotatable bonds is 5. The molecule has 0 fully saturated rings. The Hall–Kier alpha value is -2.41. The van der Waals surface area contributed by atoms with Crippen LogP contribution in [0, 0.1) is 6.92 Å². The van der Waals surface area contributed by atoms with Crippen LogP contribution in [0.3, 0.4) is 0 Å². The number of aryl methyl sites for hydroxylation is 1. The van der Waals surface area contributed by atoms with E-state index >= 15 is 0 Å². The number of anilines is 2. The van der Waals surface area contributed by atoms with E-state index in [0.717, 1.165) is 16.9 Å². The van der Waals surface area contributed by atoms with Crippen molar-refractivity contribution in [1.29, 1.82) is 0 Å². The lowest BCUT2D eigenvalue weighted by Gasteiger charge is -2.09. The van der Waals surface area contributed by atoms with E-state index in [9.17, 15) is 0 Å². The third-order valence-electron chi connectivity index (χ3n) is 2.57.